The second-order valence-corrected chi connectivity index (χ2v) is 13.7. The van der Waals surface area contributed by atoms with Crippen LogP contribution in [0.25, 0.3) is 16.9 Å². The summed E-state index contributed by atoms with van der Waals surface area (Å²) in [7, 11) is -3.55. The minimum absolute atomic E-state index is 0.184. The van der Waals surface area contributed by atoms with Crippen LogP contribution in [0.2, 0.25) is 0 Å². The molecule has 1 aliphatic heterocycles. The molecule has 1 N–H and O–H groups in total. The summed E-state index contributed by atoms with van der Waals surface area (Å²) in [5.41, 5.74) is 1.11. The molecule has 3 atom stereocenters. The third-order valence-corrected chi connectivity index (χ3v) is 9.15. The Labute approximate surface area is 239 Å². The van der Waals surface area contributed by atoms with Crippen LogP contribution in [0.4, 0.5) is 0 Å². The van der Waals surface area contributed by atoms with E-state index in [0.717, 1.165) is 11.8 Å². The summed E-state index contributed by atoms with van der Waals surface area (Å²) in [6, 6.07) is 8.58. The zero-order valence-corrected chi connectivity index (χ0v) is 25.1. The minimum atomic E-state index is -3.55. The van der Waals surface area contributed by atoms with Gasteiger partial charge in [0.1, 0.15) is 6.04 Å². The van der Waals surface area contributed by atoms with E-state index < -0.39 is 39.6 Å². The van der Waals surface area contributed by atoms with E-state index in [9.17, 15) is 27.6 Å². The molecule has 2 unspecified atom stereocenters. The molecule has 41 heavy (non-hydrogen) atoms. The van der Waals surface area contributed by atoms with Gasteiger partial charge in [-0.15, -0.1) is 0 Å². The molecule has 0 saturated carbocycles. The molecule has 1 fully saturated rings. The zero-order valence-electron chi connectivity index (χ0n) is 24.2. The van der Waals surface area contributed by atoms with E-state index in [4.69, 9.17) is 0 Å². The van der Waals surface area contributed by atoms with Crippen molar-refractivity contribution in [2.24, 2.45) is 11.3 Å². The molecule has 11 nitrogen and oxygen atoms in total. The van der Waals surface area contributed by atoms with Crippen LogP contribution in [-0.4, -0.2) is 69.3 Å². The van der Waals surface area contributed by atoms with Crippen molar-refractivity contribution in [3.8, 4) is 5.69 Å². The number of benzene rings is 1. The van der Waals surface area contributed by atoms with Crippen molar-refractivity contribution in [1.29, 1.82) is 0 Å². The van der Waals surface area contributed by atoms with Gasteiger partial charge in [-0.05, 0) is 61.4 Å². The van der Waals surface area contributed by atoms with Gasteiger partial charge >= 0.3 is 5.69 Å². The summed E-state index contributed by atoms with van der Waals surface area (Å²) in [6.07, 6.45) is 3.78. The van der Waals surface area contributed by atoms with E-state index >= 15 is 0 Å². The summed E-state index contributed by atoms with van der Waals surface area (Å²) in [6.45, 7) is 9.29. The first kappa shape index (κ1) is 30.3. The highest BCUT2D eigenvalue weighted by Gasteiger charge is 2.37. The molecule has 4 rings (SSSR count). The van der Waals surface area contributed by atoms with Gasteiger partial charge in [0.05, 0.1) is 23.5 Å². The number of hydrogen-bond acceptors (Lipinski definition) is 7. The zero-order chi connectivity index (χ0) is 30.3. The molecule has 1 amide bonds. The highest BCUT2D eigenvalue weighted by Crippen LogP contribution is 2.28. The van der Waals surface area contributed by atoms with E-state index in [1.807, 2.05) is 20.8 Å². The van der Waals surface area contributed by atoms with Crippen molar-refractivity contribution in [3.63, 3.8) is 0 Å². The van der Waals surface area contributed by atoms with Gasteiger partial charge < -0.3 is 5.32 Å². The van der Waals surface area contributed by atoms with Crippen LogP contribution in [-0.2, 0) is 26.0 Å². The topological polar surface area (TPSA) is 140 Å². The Balaban J connectivity index is 1.60. The standard InChI is InChI=1S/C29H37N5O6S/c1-18(29(3,4)5)27(37)34-23-9-7-15-30-25(23)33(28(34)38)21-13-11-20(12-14-21)17-22(19(2)35)31-26(36)24-10-8-16-32(24)41(6,39)40/h7,9,11-15,18,22,24H,8,10,16-17H2,1-6H3,(H,31,36)/t18?,22-,24?/m0/s1. The molecule has 220 valence electrons. The van der Waals surface area contributed by atoms with Crippen LogP contribution in [0, 0.1) is 11.3 Å². The maximum Gasteiger partial charge on any atom is 0.341 e. The fourth-order valence-corrected chi connectivity index (χ4v) is 6.14. The average Bonchev–Trinajstić information content (AvgIpc) is 3.50. The van der Waals surface area contributed by atoms with Crippen LogP contribution in [0.5, 0.6) is 0 Å². The largest absolute Gasteiger partial charge is 0.345 e. The number of carbonyl (C=O) groups is 3. The highest BCUT2D eigenvalue weighted by molar-refractivity contribution is 7.88. The van der Waals surface area contributed by atoms with Gasteiger partial charge in [-0.2, -0.15) is 4.31 Å². The quantitative estimate of drug-likeness (QED) is 0.430. The molecule has 3 heterocycles. The van der Waals surface area contributed by atoms with Crippen LogP contribution >= 0.6 is 0 Å². The van der Waals surface area contributed by atoms with Crippen molar-refractivity contribution < 1.29 is 22.8 Å². The van der Waals surface area contributed by atoms with Crippen molar-refractivity contribution in [3.05, 3.63) is 58.6 Å². The molecular formula is C29H37N5O6S. The number of hydrogen-bond donors (Lipinski definition) is 1. The maximum atomic E-state index is 13.6. The normalized spacial score (nSPS) is 17.9. The number of nitrogens with one attached hydrogen (secondary N) is 1. The van der Waals surface area contributed by atoms with Gasteiger partial charge in [0.15, 0.2) is 11.4 Å². The molecule has 12 heteroatoms. The molecule has 0 bridgehead atoms. The van der Waals surface area contributed by atoms with Gasteiger partial charge in [-0.1, -0.05) is 39.8 Å². The Morgan fingerprint density at radius 2 is 1.78 bits per heavy atom. The Morgan fingerprint density at radius 3 is 2.37 bits per heavy atom. The minimum Gasteiger partial charge on any atom is -0.345 e. The van der Waals surface area contributed by atoms with E-state index in [1.54, 1.807) is 49.5 Å². The van der Waals surface area contributed by atoms with Crippen molar-refractivity contribution in [2.45, 2.75) is 66.0 Å². The van der Waals surface area contributed by atoms with E-state index in [1.165, 1.54) is 20.4 Å². The molecule has 0 aliphatic carbocycles. The first-order valence-corrected chi connectivity index (χ1v) is 15.5. The average molecular weight is 584 g/mol. The van der Waals surface area contributed by atoms with E-state index in [-0.39, 0.29) is 30.1 Å². The number of amides is 1. The maximum absolute atomic E-state index is 13.6. The number of pyridine rings is 1. The summed E-state index contributed by atoms with van der Waals surface area (Å²) in [5.74, 6) is -1.49. The Bertz CT molecular complexity index is 1650. The molecule has 3 aromatic rings. The lowest BCUT2D eigenvalue weighted by atomic mass is 9.81. The van der Waals surface area contributed by atoms with Gasteiger partial charge in [0, 0.05) is 18.7 Å². The van der Waals surface area contributed by atoms with Gasteiger partial charge in [0.25, 0.3) is 0 Å². The van der Waals surface area contributed by atoms with Crippen molar-refractivity contribution in [1.82, 2.24) is 23.7 Å². The molecular weight excluding hydrogens is 546 g/mol. The predicted molar refractivity (Wildman–Crippen MR) is 155 cm³/mol. The molecule has 1 aliphatic rings. The van der Waals surface area contributed by atoms with Crippen LogP contribution in [0.15, 0.2) is 47.4 Å². The SMILES string of the molecule is CC(=O)[C@H](Cc1ccc(-n2c(=O)n(C(=O)C(C)C(C)(C)C)c3cccnc32)cc1)NC(=O)C1CCCN1S(C)(=O)=O. The Kier molecular flexibility index (Phi) is 8.38. The first-order chi connectivity index (χ1) is 19.1. The summed E-state index contributed by atoms with van der Waals surface area (Å²) < 4.78 is 27.9. The van der Waals surface area contributed by atoms with Crippen molar-refractivity contribution >= 4 is 38.8 Å². The number of fused-ring (bicyclic) bond motifs is 1. The highest BCUT2D eigenvalue weighted by atomic mass is 32.2. The lowest BCUT2D eigenvalue weighted by Gasteiger charge is -2.25. The Hall–Kier alpha value is -3.64. The van der Waals surface area contributed by atoms with Crippen molar-refractivity contribution in [2.75, 3.05) is 12.8 Å². The van der Waals surface area contributed by atoms with Crippen LogP contribution in [0.1, 0.15) is 57.8 Å². The number of rotatable bonds is 8. The fourth-order valence-electron chi connectivity index (χ4n) is 5.02. The predicted octanol–water partition coefficient (Wildman–Crippen LogP) is 2.55. The second-order valence-electron chi connectivity index (χ2n) is 11.8. The second kappa shape index (κ2) is 11.3. The number of Topliss-reactive ketones (excluding diaryl/α,β-unsaturated/α-hetero) is 1. The first-order valence-electron chi connectivity index (χ1n) is 13.6. The lowest BCUT2D eigenvalue weighted by Crippen LogP contribution is -2.50. The van der Waals surface area contributed by atoms with Crippen LogP contribution < -0.4 is 11.0 Å². The molecule has 2 aromatic heterocycles. The molecule has 1 saturated heterocycles. The number of sulfonamides is 1. The van der Waals surface area contributed by atoms with Gasteiger partial charge in [-0.25, -0.2) is 27.3 Å². The van der Waals surface area contributed by atoms with Gasteiger partial charge in [-0.3, -0.25) is 14.4 Å². The number of ketones is 1. The molecule has 0 spiro atoms. The van der Waals surface area contributed by atoms with E-state index in [0.29, 0.717) is 29.7 Å². The molecule has 0 radical (unpaired) electrons. The lowest BCUT2D eigenvalue weighted by molar-refractivity contribution is -0.128. The number of nitrogens with zero attached hydrogens (tertiary/aromatic N) is 4. The van der Waals surface area contributed by atoms with E-state index in [2.05, 4.69) is 10.3 Å². The fraction of sp³-hybridized carbons (Fsp3) is 0.483. The third-order valence-electron chi connectivity index (χ3n) is 7.87. The number of carbonyl (C=O) groups excluding carboxylic acids is 3. The monoisotopic (exact) mass is 583 g/mol. The smallest absolute Gasteiger partial charge is 0.341 e. The third kappa shape index (κ3) is 6.18. The summed E-state index contributed by atoms with van der Waals surface area (Å²) >= 11 is 0. The van der Waals surface area contributed by atoms with Gasteiger partial charge in [0.2, 0.25) is 21.8 Å². The Morgan fingerprint density at radius 1 is 1.12 bits per heavy atom. The number of aromatic nitrogens is 3. The summed E-state index contributed by atoms with van der Waals surface area (Å²) in [4.78, 5) is 56.7. The number of imidazole rings is 1. The summed E-state index contributed by atoms with van der Waals surface area (Å²) in [5, 5.41) is 2.73. The van der Waals surface area contributed by atoms with Crippen LogP contribution in [0.3, 0.4) is 0 Å². The molecule has 1 aromatic carbocycles.